The highest BCUT2D eigenvalue weighted by molar-refractivity contribution is 5.97. The molecule has 2 aromatic heterocycles. The van der Waals surface area contributed by atoms with Crippen LogP contribution >= 0.6 is 0 Å². The maximum Gasteiger partial charge on any atom is 0.335 e. The third-order valence-corrected chi connectivity index (χ3v) is 7.96. The highest BCUT2D eigenvalue weighted by atomic mass is 16.6. The largest absolute Gasteiger partial charge is 0.463 e. The van der Waals surface area contributed by atoms with Crippen molar-refractivity contribution in [3.63, 3.8) is 0 Å². The fourth-order valence-corrected chi connectivity index (χ4v) is 5.68. The average molecular weight is 591 g/mol. The Hall–Kier alpha value is -4.21. The number of fused-ring (bicyclic) bond motifs is 1. The van der Waals surface area contributed by atoms with E-state index in [4.69, 9.17) is 19.3 Å². The van der Waals surface area contributed by atoms with Gasteiger partial charge >= 0.3 is 5.97 Å². The van der Waals surface area contributed by atoms with Gasteiger partial charge in [-0.3, -0.25) is 14.3 Å². The predicted molar refractivity (Wildman–Crippen MR) is 159 cm³/mol. The summed E-state index contributed by atoms with van der Waals surface area (Å²) in [4.78, 5) is 43.3. The van der Waals surface area contributed by atoms with Crippen LogP contribution in [-0.2, 0) is 24.5 Å². The molecule has 2 unspecified atom stereocenters. The number of nitriles is 1. The Balaban J connectivity index is 1.42. The SMILES string of the molecule is Cc1cc(Nc2nn([C@]3(CC#N)CCC(C(=O)OCC(C)C)OC3)c3cc[nH]c(=O)c23)ccc1C(=O)N1CCOC(C)C1. The second-order valence-corrected chi connectivity index (χ2v) is 11.8. The molecule has 2 aliphatic heterocycles. The Morgan fingerprint density at radius 1 is 1.30 bits per heavy atom. The summed E-state index contributed by atoms with van der Waals surface area (Å²) in [6.45, 7) is 9.71. The lowest BCUT2D eigenvalue weighted by Crippen LogP contribution is -2.47. The number of pyridine rings is 1. The van der Waals surface area contributed by atoms with Gasteiger partial charge in [0.1, 0.15) is 5.39 Å². The Morgan fingerprint density at radius 3 is 2.79 bits per heavy atom. The van der Waals surface area contributed by atoms with E-state index in [1.54, 1.807) is 34.0 Å². The van der Waals surface area contributed by atoms with Gasteiger partial charge in [0, 0.05) is 30.5 Å². The van der Waals surface area contributed by atoms with Gasteiger partial charge in [0.15, 0.2) is 11.9 Å². The number of esters is 1. The summed E-state index contributed by atoms with van der Waals surface area (Å²) in [7, 11) is 0. The van der Waals surface area contributed by atoms with E-state index in [0.717, 1.165) is 5.56 Å². The van der Waals surface area contributed by atoms with Gasteiger partial charge < -0.3 is 29.4 Å². The summed E-state index contributed by atoms with van der Waals surface area (Å²) < 4.78 is 18.6. The molecule has 5 rings (SSSR count). The molecule has 228 valence electrons. The number of aryl methyl sites for hydroxylation is 1. The molecule has 1 amide bonds. The van der Waals surface area contributed by atoms with Crippen LogP contribution in [0.25, 0.3) is 10.9 Å². The lowest BCUT2D eigenvalue weighted by Gasteiger charge is -2.38. The number of aromatic nitrogens is 3. The molecule has 0 bridgehead atoms. The maximum atomic E-state index is 13.2. The number of ether oxygens (including phenoxy) is 3. The predicted octanol–water partition coefficient (Wildman–Crippen LogP) is 3.62. The quantitative estimate of drug-likeness (QED) is 0.375. The van der Waals surface area contributed by atoms with Gasteiger partial charge in [-0.05, 0) is 62.4 Å². The number of nitrogens with one attached hydrogen (secondary N) is 2. The van der Waals surface area contributed by atoms with Crippen molar-refractivity contribution in [3.8, 4) is 6.07 Å². The van der Waals surface area contributed by atoms with Gasteiger partial charge in [-0.15, -0.1) is 0 Å². The average Bonchev–Trinajstić information content (AvgIpc) is 3.36. The summed E-state index contributed by atoms with van der Waals surface area (Å²) >= 11 is 0. The van der Waals surface area contributed by atoms with Gasteiger partial charge in [0.25, 0.3) is 11.5 Å². The zero-order valence-electron chi connectivity index (χ0n) is 25.0. The van der Waals surface area contributed by atoms with E-state index < -0.39 is 17.6 Å². The first kappa shape index (κ1) is 30.3. The standard InChI is InChI=1S/C31H38N6O6/c1-19(2)17-42-30(40)25-7-9-31(10-11-32,18-43-25)37-24-8-12-33-28(38)26(24)27(35-37)34-22-5-6-23(20(3)15-22)29(39)36-13-14-41-21(4)16-36/h5-6,8,12,15,19,21,25H,7,9-10,13-14,16-18H2,1-4H3,(H,33,38)(H,34,35)/t21?,25?,31-/m0/s1. The first-order chi connectivity index (χ1) is 20.6. The molecule has 43 heavy (non-hydrogen) atoms. The smallest absolute Gasteiger partial charge is 0.335 e. The number of anilines is 2. The number of nitrogens with zero attached hydrogens (tertiary/aromatic N) is 4. The summed E-state index contributed by atoms with van der Waals surface area (Å²) in [5.74, 6) is 0.0585. The van der Waals surface area contributed by atoms with Crippen molar-refractivity contribution in [2.24, 2.45) is 5.92 Å². The van der Waals surface area contributed by atoms with E-state index in [9.17, 15) is 19.6 Å². The summed E-state index contributed by atoms with van der Waals surface area (Å²) in [5.41, 5.74) is 1.34. The van der Waals surface area contributed by atoms with Gasteiger partial charge in [0.2, 0.25) is 0 Å². The number of hydrogen-bond acceptors (Lipinski definition) is 9. The van der Waals surface area contributed by atoms with Crippen LogP contribution in [0.15, 0.2) is 35.3 Å². The first-order valence-corrected chi connectivity index (χ1v) is 14.7. The molecule has 0 radical (unpaired) electrons. The van der Waals surface area contributed by atoms with Crippen molar-refractivity contribution >= 4 is 34.3 Å². The molecule has 12 nitrogen and oxygen atoms in total. The van der Waals surface area contributed by atoms with E-state index >= 15 is 0 Å². The topological polar surface area (TPSA) is 152 Å². The zero-order chi connectivity index (χ0) is 30.7. The number of rotatable bonds is 8. The third-order valence-electron chi connectivity index (χ3n) is 7.96. The van der Waals surface area contributed by atoms with Crippen LogP contribution in [0.4, 0.5) is 11.5 Å². The van der Waals surface area contributed by atoms with E-state index in [0.29, 0.717) is 67.1 Å². The van der Waals surface area contributed by atoms with Crippen molar-refractivity contribution < 1.29 is 23.8 Å². The van der Waals surface area contributed by atoms with E-state index in [-0.39, 0.29) is 36.5 Å². The van der Waals surface area contributed by atoms with Gasteiger partial charge in [-0.25, -0.2) is 4.79 Å². The minimum Gasteiger partial charge on any atom is -0.463 e. The number of morpholine rings is 1. The fraction of sp³-hybridized carbons (Fsp3) is 0.516. The summed E-state index contributed by atoms with van der Waals surface area (Å²) in [5, 5.41) is 18.2. The Morgan fingerprint density at radius 2 is 2.12 bits per heavy atom. The lowest BCUT2D eigenvalue weighted by molar-refractivity contribution is -0.166. The molecule has 2 N–H and O–H groups in total. The number of benzene rings is 1. The van der Waals surface area contributed by atoms with Crippen LogP contribution in [-0.4, -0.2) is 76.7 Å². The second kappa shape index (κ2) is 12.6. The van der Waals surface area contributed by atoms with Gasteiger partial charge in [-0.1, -0.05) is 13.8 Å². The van der Waals surface area contributed by atoms with Crippen LogP contribution in [0.2, 0.25) is 0 Å². The Labute approximate surface area is 249 Å². The second-order valence-electron chi connectivity index (χ2n) is 11.8. The lowest BCUT2D eigenvalue weighted by atomic mass is 9.87. The van der Waals surface area contributed by atoms with E-state index in [1.165, 1.54) is 0 Å². The number of hydrogen-bond donors (Lipinski definition) is 2. The molecule has 0 saturated carbocycles. The van der Waals surface area contributed by atoms with Crippen molar-refractivity contribution in [3.05, 3.63) is 51.9 Å². The monoisotopic (exact) mass is 590 g/mol. The molecule has 12 heteroatoms. The molecule has 1 aromatic carbocycles. The molecular formula is C31H38N6O6. The molecule has 3 atom stereocenters. The minimum atomic E-state index is -0.892. The van der Waals surface area contributed by atoms with Crippen LogP contribution in [0.5, 0.6) is 0 Å². The molecule has 3 aromatic rings. The number of carbonyl (C=O) groups is 2. The van der Waals surface area contributed by atoms with Gasteiger partial charge in [-0.2, -0.15) is 10.4 Å². The van der Waals surface area contributed by atoms with Crippen LogP contribution in [0.1, 0.15) is 56.0 Å². The molecule has 0 aliphatic carbocycles. The molecule has 2 aliphatic rings. The first-order valence-electron chi connectivity index (χ1n) is 14.7. The molecule has 2 saturated heterocycles. The van der Waals surface area contributed by atoms with Crippen molar-refractivity contribution in [1.82, 2.24) is 19.7 Å². The highest BCUT2D eigenvalue weighted by Gasteiger charge is 2.42. The van der Waals surface area contributed by atoms with Crippen LogP contribution in [0.3, 0.4) is 0 Å². The Kier molecular flexibility index (Phi) is 8.84. The van der Waals surface area contributed by atoms with Crippen LogP contribution in [0, 0.1) is 24.2 Å². The minimum absolute atomic E-state index is 0.0103. The van der Waals surface area contributed by atoms with Crippen molar-refractivity contribution in [2.45, 2.75) is 64.7 Å². The summed E-state index contributed by atoms with van der Waals surface area (Å²) in [6, 6.07) is 9.40. The maximum absolute atomic E-state index is 13.2. The fourth-order valence-electron chi connectivity index (χ4n) is 5.68. The number of H-pyrrole nitrogens is 1. The Bertz CT molecular complexity index is 1600. The van der Waals surface area contributed by atoms with Crippen molar-refractivity contribution in [1.29, 1.82) is 5.26 Å². The number of aromatic amines is 1. The molecule has 2 fully saturated rings. The van der Waals surface area contributed by atoms with Crippen LogP contribution < -0.4 is 10.9 Å². The van der Waals surface area contributed by atoms with E-state index in [2.05, 4.69) is 16.4 Å². The number of carbonyl (C=O) groups excluding carboxylic acids is 2. The molecule has 0 spiro atoms. The van der Waals surface area contributed by atoms with Crippen molar-refractivity contribution in [2.75, 3.05) is 38.2 Å². The molecule has 4 heterocycles. The third kappa shape index (κ3) is 6.28. The number of amides is 1. The summed E-state index contributed by atoms with van der Waals surface area (Å²) in [6.07, 6.45) is 1.66. The molecular weight excluding hydrogens is 552 g/mol. The van der Waals surface area contributed by atoms with E-state index in [1.807, 2.05) is 33.8 Å². The highest BCUT2D eigenvalue weighted by Crippen LogP contribution is 2.37. The van der Waals surface area contributed by atoms with Gasteiger partial charge in [0.05, 0.1) is 49.5 Å². The normalized spacial score (nSPS) is 22.4. The zero-order valence-corrected chi connectivity index (χ0v) is 25.0.